The van der Waals surface area contributed by atoms with Gasteiger partial charge in [0.05, 0.1) is 12.2 Å². The minimum Gasteiger partial charge on any atom is -0.383 e. The lowest BCUT2D eigenvalue weighted by Crippen LogP contribution is -2.36. The molecule has 0 aromatic carbocycles. The highest BCUT2D eigenvalue weighted by Gasteiger charge is 2.15. The summed E-state index contributed by atoms with van der Waals surface area (Å²) in [4.78, 5) is 16.3. The van der Waals surface area contributed by atoms with E-state index in [1.165, 1.54) is 0 Å². The minimum atomic E-state index is -0.163. The second-order valence-corrected chi connectivity index (χ2v) is 4.83. The molecule has 5 nitrogen and oxygen atoms in total. The van der Waals surface area contributed by atoms with E-state index in [1.54, 1.807) is 19.4 Å². The molecule has 1 unspecified atom stereocenters. The molecule has 1 heterocycles. The summed E-state index contributed by atoms with van der Waals surface area (Å²) in [7, 11) is 1.60. The van der Waals surface area contributed by atoms with Crippen LogP contribution >= 0.6 is 15.9 Å². The highest BCUT2D eigenvalue weighted by molar-refractivity contribution is 9.10. The van der Waals surface area contributed by atoms with E-state index >= 15 is 0 Å². The van der Waals surface area contributed by atoms with Gasteiger partial charge in [-0.2, -0.15) is 0 Å². The number of halogens is 1. The second-order valence-electron chi connectivity index (χ2n) is 3.91. The summed E-state index contributed by atoms with van der Waals surface area (Å²) in [6.45, 7) is 5.03. The summed E-state index contributed by atoms with van der Waals surface area (Å²) >= 11 is 3.32. The van der Waals surface area contributed by atoms with Crippen LogP contribution in [0.1, 0.15) is 24.2 Å². The average Bonchev–Trinajstić information content (AvgIpc) is 2.32. The van der Waals surface area contributed by atoms with Crippen LogP contribution in [0.3, 0.4) is 0 Å². The third-order valence-electron chi connectivity index (χ3n) is 2.24. The molecule has 1 aromatic heterocycles. The Hall–Kier alpha value is -1.14. The van der Waals surface area contributed by atoms with Crippen LogP contribution in [-0.2, 0) is 4.74 Å². The number of carbonyl (C=O) groups is 1. The SMILES string of the molecule is CCNc1ncc(Br)cc1C(=O)NC(C)COC. The largest absolute Gasteiger partial charge is 0.383 e. The molecule has 0 bridgehead atoms. The molecule has 2 N–H and O–H groups in total. The van der Waals surface area contributed by atoms with E-state index in [1.807, 2.05) is 13.8 Å². The molecule has 0 spiro atoms. The molecule has 1 atom stereocenters. The van der Waals surface area contributed by atoms with Gasteiger partial charge in [0.25, 0.3) is 5.91 Å². The molecule has 0 aliphatic rings. The van der Waals surface area contributed by atoms with Crippen molar-refractivity contribution >= 4 is 27.7 Å². The summed E-state index contributed by atoms with van der Waals surface area (Å²) in [6, 6.07) is 1.70. The summed E-state index contributed by atoms with van der Waals surface area (Å²) in [6.07, 6.45) is 1.66. The zero-order valence-corrected chi connectivity index (χ0v) is 12.4. The molecular weight excluding hydrogens is 298 g/mol. The van der Waals surface area contributed by atoms with Gasteiger partial charge >= 0.3 is 0 Å². The molecule has 1 aromatic rings. The number of aromatic nitrogens is 1. The molecule has 0 aliphatic heterocycles. The van der Waals surface area contributed by atoms with Crippen LogP contribution in [0.5, 0.6) is 0 Å². The Morgan fingerprint density at radius 3 is 2.94 bits per heavy atom. The van der Waals surface area contributed by atoms with Gasteiger partial charge in [0, 0.05) is 30.4 Å². The van der Waals surface area contributed by atoms with Crippen LogP contribution in [-0.4, -0.2) is 37.2 Å². The number of methoxy groups -OCH3 is 1. The number of amides is 1. The summed E-state index contributed by atoms with van der Waals surface area (Å²) in [5, 5.41) is 5.92. The second kappa shape index (κ2) is 7.33. The number of carbonyl (C=O) groups excluding carboxylic acids is 1. The summed E-state index contributed by atoms with van der Waals surface area (Å²) in [5.74, 6) is 0.423. The number of ether oxygens (including phenoxy) is 1. The molecule has 0 radical (unpaired) electrons. The Kier molecular flexibility index (Phi) is 6.07. The van der Waals surface area contributed by atoms with Crippen LogP contribution in [0.15, 0.2) is 16.7 Å². The number of nitrogens with zero attached hydrogens (tertiary/aromatic N) is 1. The van der Waals surface area contributed by atoms with Gasteiger partial charge in [-0.25, -0.2) is 4.98 Å². The van der Waals surface area contributed by atoms with Crippen molar-refractivity contribution in [3.63, 3.8) is 0 Å². The van der Waals surface area contributed by atoms with Gasteiger partial charge in [0.2, 0.25) is 0 Å². The lowest BCUT2D eigenvalue weighted by Gasteiger charge is -2.15. The topological polar surface area (TPSA) is 63.2 Å². The van der Waals surface area contributed by atoms with Crippen LogP contribution in [0.25, 0.3) is 0 Å². The fourth-order valence-corrected chi connectivity index (χ4v) is 1.85. The fourth-order valence-electron chi connectivity index (χ4n) is 1.51. The van der Waals surface area contributed by atoms with Crippen LogP contribution < -0.4 is 10.6 Å². The molecule has 0 fully saturated rings. The van der Waals surface area contributed by atoms with E-state index in [0.717, 1.165) is 4.47 Å². The van der Waals surface area contributed by atoms with Gasteiger partial charge in [0.15, 0.2) is 0 Å². The zero-order valence-electron chi connectivity index (χ0n) is 10.8. The Balaban J connectivity index is 2.85. The van der Waals surface area contributed by atoms with Crippen molar-refractivity contribution in [3.8, 4) is 0 Å². The van der Waals surface area contributed by atoms with E-state index in [2.05, 4.69) is 31.5 Å². The smallest absolute Gasteiger partial charge is 0.255 e. The Morgan fingerprint density at radius 2 is 2.33 bits per heavy atom. The van der Waals surface area contributed by atoms with E-state index in [0.29, 0.717) is 24.5 Å². The third-order valence-corrected chi connectivity index (χ3v) is 2.67. The van der Waals surface area contributed by atoms with Gasteiger partial charge in [-0.3, -0.25) is 4.79 Å². The first kappa shape index (κ1) is 14.9. The number of nitrogens with one attached hydrogen (secondary N) is 2. The maximum atomic E-state index is 12.1. The number of anilines is 1. The van der Waals surface area contributed by atoms with Gasteiger partial charge < -0.3 is 15.4 Å². The van der Waals surface area contributed by atoms with Crippen molar-refractivity contribution in [2.45, 2.75) is 19.9 Å². The maximum absolute atomic E-state index is 12.1. The van der Waals surface area contributed by atoms with Crippen LogP contribution in [0.2, 0.25) is 0 Å². The summed E-state index contributed by atoms with van der Waals surface area (Å²) < 4.78 is 5.76. The maximum Gasteiger partial charge on any atom is 0.255 e. The first-order valence-corrected chi connectivity index (χ1v) is 6.57. The van der Waals surface area contributed by atoms with E-state index in [9.17, 15) is 4.79 Å². The normalized spacial score (nSPS) is 12.0. The molecule has 100 valence electrons. The van der Waals surface area contributed by atoms with Crippen molar-refractivity contribution in [1.82, 2.24) is 10.3 Å². The molecule has 0 saturated heterocycles. The van der Waals surface area contributed by atoms with Crippen molar-refractivity contribution in [3.05, 3.63) is 22.3 Å². The lowest BCUT2D eigenvalue weighted by molar-refractivity contribution is 0.0906. The van der Waals surface area contributed by atoms with Crippen LogP contribution in [0.4, 0.5) is 5.82 Å². The fraction of sp³-hybridized carbons (Fsp3) is 0.500. The zero-order chi connectivity index (χ0) is 13.5. The quantitative estimate of drug-likeness (QED) is 0.843. The van der Waals surface area contributed by atoms with E-state index in [-0.39, 0.29) is 11.9 Å². The minimum absolute atomic E-state index is 0.0454. The van der Waals surface area contributed by atoms with E-state index in [4.69, 9.17) is 4.74 Å². The predicted molar refractivity (Wildman–Crippen MR) is 74.9 cm³/mol. The van der Waals surface area contributed by atoms with Crippen molar-refractivity contribution in [2.24, 2.45) is 0 Å². The van der Waals surface area contributed by atoms with Gasteiger partial charge in [-0.15, -0.1) is 0 Å². The van der Waals surface area contributed by atoms with Gasteiger partial charge in [0.1, 0.15) is 5.82 Å². The average molecular weight is 316 g/mol. The first-order chi connectivity index (χ1) is 8.58. The summed E-state index contributed by atoms with van der Waals surface area (Å²) in [5.41, 5.74) is 0.522. The Labute approximate surface area is 115 Å². The first-order valence-electron chi connectivity index (χ1n) is 5.77. The monoisotopic (exact) mass is 315 g/mol. The van der Waals surface area contributed by atoms with Crippen LogP contribution in [0, 0.1) is 0 Å². The number of hydrogen-bond donors (Lipinski definition) is 2. The number of hydrogen-bond acceptors (Lipinski definition) is 4. The highest BCUT2D eigenvalue weighted by atomic mass is 79.9. The molecule has 1 amide bonds. The molecule has 1 rings (SSSR count). The molecule has 18 heavy (non-hydrogen) atoms. The molecule has 0 saturated carbocycles. The number of rotatable bonds is 6. The van der Waals surface area contributed by atoms with E-state index < -0.39 is 0 Å². The van der Waals surface area contributed by atoms with Gasteiger partial charge in [-0.05, 0) is 35.8 Å². The van der Waals surface area contributed by atoms with Crippen molar-refractivity contribution in [2.75, 3.05) is 25.6 Å². The molecule has 6 heteroatoms. The molecule has 0 aliphatic carbocycles. The highest BCUT2D eigenvalue weighted by Crippen LogP contribution is 2.18. The van der Waals surface area contributed by atoms with Crippen molar-refractivity contribution in [1.29, 1.82) is 0 Å². The molecular formula is C12H18BrN3O2. The van der Waals surface area contributed by atoms with Crippen molar-refractivity contribution < 1.29 is 9.53 Å². The standard InChI is InChI=1S/C12H18BrN3O2/c1-4-14-11-10(5-9(13)6-15-11)12(17)16-8(2)7-18-3/h5-6,8H,4,7H2,1-3H3,(H,14,15)(H,16,17). The predicted octanol–water partition coefficient (Wildman–Crippen LogP) is 2.04. The third kappa shape index (κ3) is 4.27. The van der Waals surface area contributed by atoms with Gasteiger partial charge in [-0.1, -0.05) is 0 Å². The Morgan fingerprint density at radius 1 is 1.61 bits per heavy atom. The number of pyridine rings is 1. The Bertz CT molecular complexity index is 412. The lowest BCUT2D eigenvalue weighted by atomic mass is 10.2.